The Morgan fingerprint density at radius 2 is 2.06 bits per heavy atom. The van der Waals surface area contributed by atoms with E-state index in [0.29, 0.717) is 16.9 Å². The molecule has 0 aromatic carbocycles. The lowest BCUT2D eigenvalue weighted by molar-refractivity contribution is 0.416. The maximum absolute atomic E-state index is 5.95. The quantitative estimate of drug-likeness (QED) is 0.719. The van der Waals surface area contributed by atoms with E-state index >= 15 is 0 Å². The lowest BCUT2D eigenvalue weighted by atomic mass is 9.94. The number of pyridine rings is 1. The van der Waals surface area contributed by atoms with Crippen LogP contribution in [0.25, 0.3) is 0 Å². The van der Waals surface area contributed by atoms with Gasteiger partial charge in [0.2, 0.25) is 0 Å². The first-order valence-electron chi connectivity index (χ1n) is 6.36. The highest BCUT2D eigenvalue weighted by Gasteiger charge is 2.23. The Morgan fingerprint density at radius 1 is 1.33 bits per heavy atom. The van der Waals surface area contributed by atoms with Gasteiger partial charge in [0.05, 0.1) is 9.50 Å². The van der Waals surface area contributed by atoms with Gasteiger partial charge in [0.15, 0.2) is 0 Å². The maximum atomic E-state index is 5.95. The summed E-state index contributed by atoms with van der Waals surface area (Å²) in [4.78, 5) is 6.79. The largest absolute Gasteiger partial charge is 0.352 e. The minimum absolute atomic E-state index is 0.558. The van der Waals surface area contributed by atoms with Crippen molar-refractivity contribution in [2.45, 2.75) is 38.1 Å². The molecule has 2 nitrogen and oxygen atoms in total. The number of anilines is 1. The number of halogens is 3. The molecule has 5 heteroatoms. The highest BCUT2D eigenvalue weighted by atomic mass is 79.9. The second kappa shape index (κ2) is 6.97. The van der Waals surface area contributed by atoms with Crippen LogP contribution >= 0.6 is 39.1 Å². The van der Waals surface area contributed by atoms with Crippen LogP contribution in [0.15, 0.2) is 16.7 Å². The molecular weight excluding hydrogens is 335 g/mol. The van der Waals surface area contributed by atoms with Gasteiger partial charge < -0.3 is 4.90 Å². The number of aromatic nitrogens is 1. The molecule has 0 N–H and O–H groups in total. The number of nitrogens with zero attached hydrogens (tertiary/aromatic N) is 2. The molecule has 0 bridgehead atoms. The van der Waals surface area contributed by atoms with Gasteiger partial charge in [-0.25, -0.2) is 4.98 Å². The molecule has 0 atom stereocenters. The lowest BCUT2D eigenvalue weighted by Gasteiger charge is -2.35. The molecule has 1 aliphatic rings. The van der Waals surface area contributed by atoms with E-state index in [-0.39, 0.29) is 0 Å². The summed E-state index contributed by atoms with van der Waals surface area (Å²) in [6, 6.07) is 2.45. The van der Waals surface area contributed by atoms with E-state index in [1.165, 1.54) is 32.1 Å². The molecule has 18 heavy (non-hydrogen) atoms. The van der Waals surface area contributed by atoms with Crippen LogP contribution in [0.3, 0.4) is 0 Å². The standard InChI is InChI=1S/C13H17BrCl2N2/c14-12-8-10(16)9-17-13(12)18(7-6-15)11-4-2-1-3-5-11/h8-9,11H,1-7H2. The van der Waals surface area contributed by atoms with Gasteiger partial charge in [-0.15, -0.1) is 11.6 Å². The average molecular weight is 352 g/mol. The Kier molecular flexibility index (Phi) is 5.58. The third kappa shape index (κ3) is 3.52. The topological polar surface area (TPSA) is 16.1 Å². The molecular formula is C13H17BrCl2N2. The SMILES string of the molecule is ClCCN(c1ncc(Cl)cc1Br)C1CCCCC1. The fraction of sp³-hybridized carbons (Fsp3) is 0.615. The zero-order chi connectivity index (χ0) is 13.0. The molecule has 0 amide bonds. The molecule has 1 fully saturated rings. The minimum Gasteiger partial charge on any atom is -0.352 e. The van der Waals surface area contributed by atoms with Crippen molar-refractivity contribution in [3.8, 4) is 0 Å². The van der Waals surface area contributed by atoms with E-state index in [0.717, 1.165) is 16.8 Å². The zero-order valence-corrected chi connectivity index (χ0v) is 13.3. The first-order valence-corrected chi connectivity index (χ1v) is 8.06. The number of hydrogen-bond donors (Lipinski definition) is 0. The van der Waals surface area contributed by atoms with Crippen molar-refractivity contribution in [3.05, 3.63) is 21.8 Å². The van der Waals surface area contributed by atoms with Gasteiger partial charge in [-0.1, -0.05) is 30.9 Å². The molecule has 0 saturated heterocycles. The summed E-state index contributed by atoms with van der Waals surface area (Å²) in [6.45, 7) is 0.833. The van der Waals surface area contributed by atoms with Crippen LogP contribution in [0.4, 0.5) is 5.82 Å². The van der Waals surface area contributed by atoms with Crippen LogP contribution in [-0.4, -0.2) is 23.5 Å². The van der Waals surface area contributed by atoms with Crippen molar-refractivity contribution < 1.29 is 0 Å². The van der Waals surface area contributed by atoms with Crippen LogP contribution in [0.2, 0.25) is 5.02 Å². The number of hydrogen-bond acceptors (Lipinski definition) is 2. The summed E-state index contributed by atoms with van der Waals surface area (Å²) < 4.78 is 0.950. The second-order valence-corrected chi connectivity index (χ2v) is 6.30. The van der Waals surface area contributed by atoms with E-state index in [1.54, 1.807) is 6.20 Å². The van der Waals surface area contributed by atoms with E-state index in [4.69, 9.17) is 23.2 Å². The second-order valence-electron chi connectivity index (χ2n) is 4.63. The van der Waals surface area contributed by atoms with E-state index in [9.17, 15) is 0 Å². The van der Waals surface area contributed by atoms with Crippen LogP contribution in [0.5, 0.6) is 0 Å². The normalized spacial score (nSPS) is 16.8. The van der Waals surface area contributed by atoms with Gasteiger partial charge in [-0.3, -0.25) is 0 Å². The monoisotopic (exact) mass is 350 g/mol. The third-order valence-electron chi connectivity index (χ3n) is 3.40. The summed E-state index contributed by atoms with van der Waals surface area (Å²) in [6.07, 6.45) is 8.11. The van der Waals surface area contributed by atoms with Crippen molar-refractivity contribution in [3.63, 3.8) is 0 Å². The summed E-state index contributed by atoms with van der Waals surface area (Å²) in [5.74, 6) is 1.58. The molecule has 1 aromatic rings. The van der Waals surface area contributed by atoms with Crippen LogP contribution in [-0.2, 0) is 0 Å². The number of alkyl halides is 1. The highest BCUT2D eigenvalue weighted by molar-refractivity contribution is 9.10. The third-order valence-corrected chi connectivity index (χ3v) is 4.36. The van der Waals surface area contributed by atoms with Gasteiger partial charge in [0.1, 0.15) is 5.82 Å². The van der Waals surface area contributed by atoms with Gasteiger partial charge in [0.25, 0.3) is 0 Å². The fourth-order valence-corrected chi connectivity index (χ4v) is 3.61. The van der Waals surface area contributed by atoms with Crippen LogP contribution in [0.1, 0.15) is 32.1 Å². The molecule has 2 rings (SSSR count). The van der Waals surface area contributed by atoms with Crippen molar-refractivity contribution in [2.24, 2.45) is 0 Å². The molecule has 1 heterocycles. The summed E-state index contributed by atoms with van der Waals surface area (Å²) in [5, 5.41) is 0.653. The first-order chi connectivity index (χ1) is 8.72. The smallest absolute Gasteiger partial charge is 0.143 e. The van der Waals surface area contributed by atoms with E-state index in [2.05, 4.69) is 25.8 Å². The van der Waals surface area contributed by atoms with Gasteiger partial charge in [-0.05, 0) is 34.8 Å². The highest BCUT2D eigenvalue weighted by Crippen LogP contribution is 2.32. The summed E-state index contributed by atoms with van der Waals surface area (Å²) in [7, 11) is 0. The molecule has 0 unspecified atom stereocenters. The number of rotatable bonds is 4. The Labute approximate surface area is 127 Å². The molecule has 0 radical (unpaired) electrons. The van der Waals surface area contributed by atoms with Crippen molar-refractivity contribution >= 4 is 44.9 Å². The first kappa shape index (κ1) is 14.4. The van der Waals surface area contributed by atoms with E-state index < -0.39 is 0 Å². The lowest BCUT2D eigenvalue weighted by Crippen LogP contribution is -2.39. The van der Waals surface area contributed by atoms with Crippen LogP contribution < -0.4 is 4.90 Å². The molecule has 1 aromatic heterocycles. The predicted molar refractivity (Wildman–Crippen MR) is 81.9 cm³/mol. The minimum atomic E-state index is 0.558. The Morgan fingerprint density at radius 3 is 2.67 bits per heavy atom. The fourth-order valence-electron chi connectivity index (χ4n) is 2.56. The summed E-state index contributed by atoms with van der Waals surface area (Å²) in [5.41, 5.74) is 0. The Balaban J connectivity index is 2.22. The van der Waals surface area contributed by atoms with E-state index in [1.807, 2.05) is 6.07 Å². The van der Waals surface area contributed by atoms with Gasteiger partial charge in [0, 0.05) is 24.7 Å². The summed E-state index contributed by atoms with van der Waals surface area (Å²) >= 11 is 15.4. The van der Waals surface area contributed by atoms with Gasteiger partial charge >= 0.3 is 0 Å². The van der Waals surface area contributed by atoms with Crippen molar-refractivity contribution in [1.29, 1.82) is 0 Å². The predicted octanol–water partition coefficient (Wildman–Crippen LogP) is 4.88. The zero-order valence-electron chi connectivity index (χ0n) is 10.2. The van der Waals surface area contributed by atoms with Crippen molar-refractivity contribution in [2.75, 3.05) is 17.3 Å². The molecule has 0 spiro atoms. The molecule has 1 saturated carbocycles. The van der Waals surface area contributed by atoms with Crippen molar-refractivity contribution in [1.82, 2.24) is 4.98 Å². The average Bonchev–Trinajstić information content (AvgIpc) is 2.38. The molecule has 1 aliphatic carbocycles. The molecule has 100 valence electrons. The van der Waals surface area contributed by atoms with Gasteiger partial charge in [-0.2, -0.15) is 0 Å². The Hall–Kier alpha value is 0.01000. The molecule has 0 aliphatic heterocycles. The van der Waals surface area contributed by atoms with Crippen LogP contribution in [0, 0.1) is 0 Å². The Bertz CT molecular complexity index is 395. The maximum Gasteiger partial charge on any atom is 0.143 e.